The van der Waals surface area contributed by atoms with Crippen LogP contribution in [0.4, 0.5) is 4.79 Å². The van der Waals surface area contributed by atoms with Gasteiger partial charge in [-0.25, -0.2) is 4.79 Å². The van der Waals surface area contributed by atoms with Gasteiger partial charge in [0, 0.05) is 25.6 Å². The van der Waals surface area contributed by atoms with Crippen molar-refractivity contribution < 1.29 is 14.3 Å². The van der Waals surface area contributed by atoms with Crippen molar-refractivity contribution >= 4 is 12.0 Å². The molecule has 0 saturated carbocycles. The van der Waals surface area contributed by atoms with Gasteiger partial charge in [0.25, 0.3) is 0 Å². The number of carbonyl (C=O) groups is 2. The lowest BCUT2D eigenvalue weighted by Gasteiger charge is -2.20. The zero-order chi connectivity index (χ0) is 12.7. The molecule has 5 heteroatoms. The molecule has 1 rings (SSSR count). The monoisotopic (exact) mass is 242 g/mol. The highest BCUT2D eigenvalue weighted by molar-refractivity contribution is 5.75. The minimum absolute atomic E-state index is 0.00695. The number of hydrogen-bond donors (Lipinski definition) is 1. The summed E-state index contributed by atoms with van der Waals surface area (Å²) in [6.45, 7) is 5.80. The molecule has 1 unspecified atom stereocenters. The van der Waals surface area contributed by atoms with E-state index in [1.54, 1.807) is 6.92 Å². The molecule has 1 aliphatic rings. The maximum Gasteiger partial charge on any atom is 0.317 e. The van der Waals surface area contributed by atoms with Crippen LogP contribution in [0.15, 0.2) is 0 Å². The molecule has 0 bridgehead atoms. The molecule has 1 N–H and O–H groups in total. The van der Waals surface area contributed by atoms with E-state index in [1.807, 2.05) is 11.8 Å². The van der Waals surface area contributed by atoms with Crippen LogP contribution in [-0.2, 0) is 9.53 Å². The van der Waals surface area contributed by atoms with E-state index < -0.39 is 0 Å². The number of rotatable bonds is 5. The van der Waals surface area contributed by atoms with E-state index in [2.05, 4.69) is 5.32 Å². The first-order chi connectivity index (χ1) is 8.13. The number of carbonyl (C=O) groups excluding carboxylic acids is 2. The zero-order valence-corrected chi connectivity index (χ0v) is 10.7. The molecule has 0 aromatic heterocycles. The van der Waals surface area contributed by atoms with Crippen LogP contribution in [0.5, 0.6) is 0 Å². The third kappa shape index (κ3) is 5.06. The van der Waals surface area contributed by atoms with Crippen molar-refractivity contribution in [1.29, 1.82) is 0 Å². The molecule has 98 valence electrons. The molecular weight excluding hydrogens is 220 g/mol. The van der Waals surface area contributed by atoms with E-state index >= 15 is 0 Å². The predicted molar refractivity (Wildman–Crippen MR) is 64.7 cm³/mol. The number of amides is 2. The molecular formula is C12H22N2O3. The minimum Gasteiger partial charge on any atom is -0.466 e. The van der Waals surface area contributed by atoms with Crippen LogP contribution in [0.1, 0.15) is 39.5 Å². The summed E-state index contributed by atoms with van der Waals surface area (Å²) in [5.74, 6) is -0.199. The van der Waals surface area contributed by atoms with E-state index in [1.165, 1.54) is 0 Å². The Bertz CT molecular complexity index is 262. The maximum absolute atomic E-state index is 11.7. The van der Waals surface area contributed by atoms with Gasteiger partial charge in [0.2, 0.25) is 0 Å². The van der Waals surface area contributed by atoms with Gasteiger partial charge in [-0.15, -0.1) is 0 Å². The lowest BCUT2D eigenvalue weighted by molar-refractivity contribution is -0.143. The molecule has 2 amide bonds. The third-order valence-corrected chi connectivity index (χ3v) is 2.85. The van der Waals surface area contributed by atoms with Gasteiger partial charge < -0.3 is 15.0 Å². The summed E-state index contributed by atoms with van der Waals surface area (Å²) in [4.78, 5) is 24.7. The van der Waals surface area contributed by atoms with E-state index in [-0.39, 0.29) is 18.0 Å². The number of nitrogens with one attached hydrogen (secondary N) is 1. The molecule has 1 atom stereocenters. The van der Waals surface area contributed by atoms with Crippen molar-refractivity contribution in [2.75, 3.05) is 19.7 Å². The molecule has 0 aliphatic carbocycles. The first kappa shape index (κ1) is 13.8. The van der Waals surface area contributed by atoms with Gasteiger partial charge in [0.05, 0.1) is 6.61 Å². The Labute approximate surface area is 102 Å². The first-order valence-corrected chi connectivity index (χ1v) is 6.34. The van der Waals surface area contributed by atoms with E-state index in [0.717, 1.165) is 25.9 Å². The van der Waals surface area contributed by atoms with Crippen LogP contribution in [0.2, 0.25) is 0 Å². The Morgan fingerprint density at radius 1 is 1.35 bits per heavy atom. The van der Waals surface area contributed by atoms with Crippen LogP contribution in [0.3, 0.4) is 0 Å². The van der Waals surface area contributed by atoms with Crippen LogP contribution in [0.25, 0.3) is 0 Å². The summed E-state index contributed by atoms with van der Waals surface area (Å²) in [5, 5.41) is 2.90. The number of hydrogen-bond acceptors (Lipinski definition) is 3. The summed E-state index contributed by atoms with van der Waals surface area (Å²) >= 11 is 0. The summed E-state index contributed by atoms with van der Waals surface area (Å²) in [7, 11) is 0. The van der Waals surface area contributed by atoms with Crippen LogP contribution in [-0.4, -0.2) is 42.6 Å². The normalized spacial score (nSPS) is 16.7. The van der Waals surface area contributed by atoms with Gasteiger partial charge in [-0.05, 0) is 33.1 Å². The Hall–Kier alpha value is -1.26. The van der Waals surface area contributed by atoms with Gasteiger partial charge in [0.15, 0.2) is 0 Å². The summed E-state index contributed by atoms with van der Waals surface area (Å²) in [6, 6.07) is -0.00800. The van der Waals surface area contributed by atoms with Crippen molar-refractivity contribution in [1.82, 2.24) is 10.2 Å². The highest BCUT2D eigenvalue weighted by atomic mass is 16.5. The van der Waals surface area contributed by atoms with Gasteiger partial charge >= 0.3 is 12.0 Å². The smallest absolute Gasteiger partial charge is 0.317 e. The van der Waals surface area contributed by atoms with Crippen molar-refractivity contribution in [2.24, 2.45) is 0 Å². The van der Waals surface area contributed by atoms with E-state index in [0.29, 0.717) is 19.4 Å². The standard InChI is InChI=1S/C12H22N2O3/c1-3-17-11(15)7-6-10(2)13-12(16)14-8-4-5-9-14/h10H,3-9H2,1-2H3,(H,13,16). The molecule has 1 aliphatic heterocycles. The molecule has 0 aromatic rings. The zero-order valence-electron chi connectivity index (χ0n) is 10.7. The first-order valence-electron chi connectivity index (χ1n) is 6.34. The number of nitrogens with zero attached hydrogens (tertiary/aromatic N) is 1. The van der Waals surface area contributed by atoms with Crippen molar-refractivity contribution in [2.45, 2.75) is 45.6 Å². The van der Waals surface area contributed by atoms with E-state index in [9.17, 15) is 9.59 Å². The average molecular weight is 242 g/mol. The SMILES string of the molecule is CCOC(=O)CCC(C)NC(=O)N1CCCC1. The molecule has 0 aromatic carbocycles. The topological polar surface area (TPSA) is 58.6 Å². The van der Waals surface area contributed by atoms with Crippen LogP contribution >= 0.6 is 0 Å². The van der Waals surface area contributed by atoms with Crippen LogP contribution < -0.4 is 5.32 Å². The molecule has 1 heterocycles. The number of likely N-dealkylation sites (tertiary alicyclic amines) is 1. The molecule has 1 fully saturated rings. The summed E-state index contributed by atoms with van der Waals surface area (Å²) in [6.07, 6.45) is 3.16. The summed E-state index contributed by atoms with van der Waals surface area (Å²) in [5.41, 5.74) is 0. The minimum atomic E-state index is -0.199. The van der Waals surface area contributed by atoms with Crippen molar-refractivity contribution in [3.8, 4) is 0 Å². The second-order valence-corrected chi connectivity index (χ2v) is 4.39. The van der Waals surface area contributed by atoms with Gasteiger partial charge in [-0.2, -0.15) is 0 Å². The van der Waals surface area contributed by atoms with Crippen LogP contribution in [0, 0.1) is 0 Å². The van der Waals surface area contributed by atoms with E-state index in [4.69, 9.17) is 4.74 Å². The summed E-state index contributed by atoms with van der Waals surface area (Å²) < 4.78 is 4.83. The molecule has 0 spiro atoms. The lowest BCUT2D eigenvalue weighted by Crippen LogP contribution is -2.42. The molecule has 0 radical (unpaired) electrons. The Morgan fingerprint density at radius 2 is 2.00 bits per heavy atom. The number of ether oxygens (including phenoxy) is 1. The third-order valence-electron chi connectivity index (χ3n) is 2.85. The Balaban J connectivity index is 2.17. The largest absolute Gasteiger partial charge is 0.466 e. The quantitative estimate of drug-likeness (QED) is 0.744. The predicted octanol–water partition coefficient (Wildman–Crippen LogP) is 1.52. The molecule has 17 heavy (non-hydrogen) atoms. The highest BCUT2D eigenvalue weighted by Gasteiger charge is 2.19. The number of esters is 1. The Kier molecular flexibility index (Phi) is 5.80. The lowest BCUT2D eigenvalue weighted by atomic mass is 10.2. The molecule has 1 saturated heterocycles. The average Bonchev–Trinajstić information content (AvgIpc) is 2.80. The van der Waals surface area contributed by atoms with Crippen molar-refractivity contribution in [3.05, 3.63) is 0 Å². The maximum atomic E-state index is 11.7. The Morgan fingerprint density at radius 3 is 2.59 bits per heavy atom. The number of urea groups is 1. The fourth-order valence-electron chi connectivity index (χ4n) is 1.86. The highest BCUT2D eigenvalue weighted by Crippen LogP contribution is 2.08. The fraction of sp³-hybridized carbons (Fsp3) is 0.833. The second-order valence-electron chi connectivity index (χ2n) is 4.39. The molecule has 5 nitrogen and oxygen atoms in total. The van der Waals surface area contributed by atoms with Gasteiger partial charge in [-0.3, -0.25) is 4.79 Å². The fourth-order valence-corrected chi connectivity index (χ4v) is 1.86. The van der Waals surface area contributed by atoms with Crippen molar-refractivity contribution in [3.63, 3.8) is 0 Å². The second kappa shape index (κ2) is 7.14. The van der Waals surface area contributed by atoms with Gasteiger partial charge in [-0.1, -0.05) is 0 Å². The van der Waals surface area contributed by atoms with Gasteiger partial charge in [0.1, 0.15) is 0 Å².